The lowest BCUT2D eigenvalue weighted by Crippen LogP contribution is -2.48. The summed E-state index contributed by atoms with van der Waals surface area (Å²) in [5.74, 6) is 0.571. The lowest BCUT2D eigenvalue weighted by atomic mass is 9.94. The van der Waals surface area contributed by atoms with E-state index in [4.69, 9.17) is 9.47 Å². The SMILES string of the molecule is Cc1nn(C)cc1[C@H](C(=O)NC1CCCCC1)N(C(=O)Cn1nnc2ccccc21)c1ccc2c(c1)OCCO2. The Hall–Kier alpha value is -4.41. The molecule has 208 valence electrons. The first-order chi connectivity index (χ1) is 19.5. The van der Waals surface area contributed by atoms with Crippen LogP contribution < -0.4 is 19.7 Å². The van der Waals surface area contributed by atoms with Gasteiger partial charge in [0.25, 0.3) is 0 Å². The van der Waals surface area contributed by atoms with Crippen molar-refractivity contribution in [1.29, 1.82) is 0 Å². The Bertz CT molecular complexity index is 1540. The van der Waals surface area contributed by atoms with E-state index in [2.05, 4.69) is 20.7 Å². The largest absolute Gasteiger partial charge is 0.486 e. The van der Waals surface area contributed by atoms with E-state index >= 15 is 0 Å². The van der Waals surface area contributed by atoms with Crippen LogP contribution in [0.3, 0.4) is 0 Å². The van der Waals surface area contributed by atoms with Gasteiger partial charge >= 0.3 is 0 Å². The van der Waals surface area contributed by atoms with E-state index in [1.165, 1.54) is 11.3 Å². The number of fused-ring (bicyclic) bond motifs is 2. The number of hydrogen-bond donors (Lipinski definition) is 1. The molecule has 6 rings (SSSR count). The van der Waals surface area contributed by atoms with Gasteiger partial charge in [-0.05, 0) is 44.0 Å². The maximum Gasteiger partial charge on any atom is 0.249 e. The highest BCUT2D eigenvalue weighted by molar-refractivity contribution is 6.02. The number of anilines is 1. The number of para-hydroxylation sites is 1. The van der Waals surface area contributed by atoms with E-state index in [0.717, 1.165) is 31.2 Å². The van der Waals surface area contributed by atoms with Crippen LogP contribution in [0.4, 0.5) is 5.69 Å². The Balaban J connectivity index is 1.44. The van der Waals surface area contributed by atoms with Gasteiger partial charge in [-0.3, -0.25) is 19.2 Å². The fourth-order valence-corrected chi connectivity index (χ4v) is 5.67. The molecular weight excluding hydrogens is 510 g/mol. The van der Waals surface area contributed by atoms with Gasteiger partial charge < -0.3 is 14.8 Å². The molecule has 11 nitrogen and oxygen atoms in total. The van der Waals surface area contributed by atoms with E-state index in [1.807, 2.05) is 44.4 Å². The third-order valence-corrected chi connectivity index (χ3v) is 7.58. The fraction of sp³-hybridized carbons (Fsp3) is 0.414. The highest BCUT2D eigenvalue weighted by Gasteiger charge is 2.37. The molecule has 11 heteroatoms. The topological polar surface area (TPSA) is 116 Å². The minimum absolute atomic E-state index is 0.0669. The van der Waals surface area contributed by atoms with Crippen LogP contribution in [0.5, 0.6) is 11.5 Å². The number of benzene rings is 2. The van der Waals surface area contributed by atoms with Crippen LogP contribution in [-0.4, -0.2) is 55.8 Å². The Morgan fingerprint density at radius 1 is 1.07 bits per heavy atom. The van der Waals surface area contributed by atoms with Crippen LogP contribution in [-0.2, 0) is 23.2 Å². The van der Waals surface area contributed by atoms with Crippen molar-refractivity contribution in [3.8, 4) is 11.5 Å². The molecular formula is C29H33N7O4. The standard InChI is InChI=1S/C29H33N7O4/c1-19-22(17-34(2)32-19)28(29(38)30-20-8-4-3-5-9-20)36(21-12-13-25-26(16-21)40-15-14-39-25)27(37)18-35-24-11-7-6-10-23(24)31-33-35/h6-7,10-13,16-17,20,28H,3-5,8-9,14-15,18H2,1-2H3,(H,30,38)/t28-/m1/s1. The van der Waals surface area contributed by atoms with Crippen molar-refractivity contribution in [2.75, 3.05) is 18.1 Å². The first-order valence-electron chi connectivity index (χ1n) is 13.8. The van der Waals surface area contributed by atoms with Crippen LogP contribution in [0, 0.1) is 6.92 Å². The third-order valence-electron chi connectivity index (χ3n) is 7.58. The summed E-state index contributed by atoms with van der Waals surface area (Å²) in [6.45, 7) is 2.60. The zero-order chi connectivity index (χ0) is 27.6. The summed E-state index contributed by atoms with van der Waals surface area (Å²) in [7, 11) is 1.81. The predicted octanol–water partition coefficient (Wildman–Crippen LogP) is 3.47. The summed E-state index contributed by atoms with van der Waals surface area (Å²) in [6, 6.07) is 11.9. The Kier molecular flexibility index (Phi) is 7.10. The molecule has 1 saturated carbocycles. The number of aryl methyl sites for hydroxylation is 2. The van der Waals surface area contributed by atoms with Gasteiger partial charge in [-0.1, -0.05) is 36.6 Å². The van der Waals surface area contributed by atoms with E-state index in [9.17, 15) is 9.59 Å². The molecule has 2 aromatic heterocycles. The van der Waals surface area contributed by atoms with E-state index in [0.29, 0.717) is 47.2 Å². The summed E-state index contributed by atoms with van der Waals surface area (Å²) in [4.78, 5) is 30.0. The highest BCUT2D eigenvalue weighted by atomic mass is 16.6. The molecule has 40 heavy (non-hydrogen) atoms. The number of aromatic nitrogens is 5. The summed E-state index contributed by atoms with van der Waals surface area (Å²) < 4.78 is 14.8. The molecule has 1 N–H and O–H groups in total. The van der Waals surface area contributed by atoms with Gasteiger partial charge in [0, 0.05) is 36.6 Å². The molecule has 2 aromatic carbocycles. The van der Waals surface area contributed by atoms with Crippen molar-refractivity contribution in [3.05, 3.63) is 59.9 Å². The van der Waals surface area contributed by atoms with Gasteiger partial charge in [0.05, 0.1) is 11.2 Å². The first kappa shape index (κ1) is 25.8. The second-order valence-corrected chi connectivity index (χ2v) is 10.4. The predicted molar refractivity (Wildman–Crippen MR) is 148 cm³/mol. The van der Waals surface area contributed by atoms with Crippen molar-refractivity contribution in [2.24, 2.45) is 7.05 Å². The fourth-order valence-electron chi connectivity index (χ4n) is 5.67. The Morgan fingerprint density at radius 2 is 1.85 bits per heavy atom. The lowest BCUT2D eigenvalue weighted by Gasteiger charge is -2.33. The molecule has 1 aliphatic carbocycles. The zero-order valence-corrected chi connectivity index (χ0v) is 22.7. The summed E-state index contributed by atoms with van der Waals surface area (Å²) in [5.41, 5.74) is 3.27. The second-order valence-electron chi connectivity index (χ2n) is 10.4. The summed E-state index contributed by atoms with van der Waals surface area (Å²) in [6.07, 6.45) is 6.98. The van der Waals surface area contributed by atoms with Gasteiger partial charge in [-0.2, -0.15) is 5.10 Å². The molecule has 0 saturated heterocycles. The Labute approximate surface area is 232 Å². The molecule has 0 radical (unpaired) electrons. The molecule has 3 heterocycles. The minimum Gasteiger partial charge on any atom is -0.486 e. The second kappa shape index (κ2) is 11.0. The van der Waals surface area contributed by atoms with Crippen molar-refractivity contribution < 1.29 is 19.1 Å². The van der Waals surface area contributed by atoms with Crippen LogP contribution in [0.2, 0.25) is 0 Å². The van der Waals surface area contributed by atoms with E-state index < -0.39 is 6.04 Å². The molecule has 2 aliphatic rings. The first-order valence-corrected chi connectivity index (χ1v) is 13.8. The van der Waals surface area contributed by atoms with Crippen LogP contribution in [0.1, 0.15) is 49.4 Å². The van der Waals surface area contributed by atoms with E-state index in [1.54, 1.807) is 27.6 Å². The monoisotopic (exact) mass is 543 g/mol. The molecule has 1 atom stereocenters. The number of amides is 2. The number of hydrogen-bond acceptors (Lipinski definition) is 7. The number of carbonyl (C=O) groups excluding carboxylic acids is 2. The number of nitrogens with one attached hydrogen (secondary N) is 1. The van der Waals surface area contributed by atoms with Gasteiger partial charge in [-0.25, -0.2) is 4.68 Å². The maximum absolute atomic E-state index is 14.3. The maximum atomic E-state index is 14.3. The van der Waals surface area contributed by atoms with Crippen LogP contribution >= 0.6 is 0 Å². The third kappa shape index (κ3) is 5.11. The lowest BCUT2D eigenvalue weighted by molar-refractivity contribution is -0.127. The van der Waals surface area contributed by atoms with Crippen LogP contribution in [0.15, 0.2) is 48.7 Å². The molecule has 0 bridgehead atoms. The average molecular weight is 544 g/mol. The molecule has 0 spiro atoms. The molecule has 2 amide bonds. The normalized spacial score (nSPS) is 16.1. The van der Waals surface area contributed by atoms with Gasteiger partial charge in [0.2, 0.25) is 11.8 Å². The average Bonchev–Trinajstić information content (AvgIpc) is 3.53. The van der Waals surface area contributed by atoms with Crippen molar-refractivity contribution >= 4 is 28.5 Å². The molecule has 1 aliphatic heterocycles. The number of nitrogens with zero attached hydrogens (tertiary/aromatic N) is 6. The van der Waals surface area contributed by atoms with Crippen molar-refractivity contribution in [3.63, 3.8) is 0 Å². The summed E-state index contributed by atoms with van der Waals surface area (Å²) >= 11 is 0. The number of carbonyl (C=O) groups is 2. The number of ether oxygens (including phenoxy) is 2. The van der Waals surface area contributed by atoms with Gasteiger partial charge in [0.15, 0.2) is 11.5 Å². The van der Waals surface area contributed by atoms with Crippen molar-refractivity contribution in [1.82, 2.24) is 30.1 Å². The smallest absolute Gasteiger partial charge is 0.249 e. The molecule has 1 fully saturated rings. The number of rotatable bonds is 7. The van der Waals surface area contributed by atoms with Gasteiger partial charge in [-0.15, -0.1) is 5.10 Å². The van der Waals surface area contributed by atoms with Crippen molar-refractivity contribution in [2.45, 2.75) is 57.7 Å². The summed E-state index contributed by atoms with van der Waals surface area (Å²) in [5, 5.41) is 16.2. The molecule has 0 unspecified atom stereocenters. The zero-order valence-electron chi connectivity index (χ0n) is 22.7. The van der Waals surface area contributed by atoms with Crippen LogP contribution in [0.25, 0.3) is 11.0 Å². The van der Waals surface area contributed by atoms with E-state index in [-0.39, 0.29) is 24.4 Å². The highest BCUT2D eigenvalue weighted by Crippen LogP contribution is 2.38. The minimum atomic E-state index is -0.958. The quantitative estimate of drug-likeness (QED) is 0.379. The Morgan fingerprint density at radius 3 is 2.62 bits per heavy atom. The molecule has 4 aromatic rings. The van der Waals surface area contributed by atoms with Gasteiger partial charge in [0.1, 0.15) is 31.3 Å².